The van der Waals surface area contributed by atoms with Gasteiger partial charge in [0.1, 0.15) is 0 Å². The number of carboxylic acids is 1. The van der Waals surface area contributed by atoms with E-state index in [1.165, 1.54) is 0 Å². The van der Waals surface area contributed by atoms with Crippen molar-refractivity contribution in [2.75, 3.05) is 0 Å². The summed E-state index contributed by atoms with van der Waals surface area (Å²) in [7, 11) is 0. The van der Waals surface area contributed by atoms with Crippen LogP contribution < -0.4 is 0 Å². The Hall–Kier alpha value is -1.58. The number of carbonyl (C=O) groups is 2. The third-order valence-electron chi connectivity index (χ3n) is 1.72. The van der Waals surface area contributed by atoms with Crippen LogP contribution in [0.5, 0.6) is 0 Å². The summed E-state index contributed by atoms with van der Waals surface area (Å²) in [6.07, 6.45) is 4.99. The van der Waals surface area contributed by atoms with Gasteiger partial charge in [0.25, 0.3) is 0 Å². The molecule has 0 fully saturated rings. The zero-order valence-electron chi connectivity index (χ0n) is 7.14. The van der Waals surface area contributed by atoms with Crippen molar-refractivity contribution in [1.29, 1.82) is 0 Å². The van der Waals surface area contributed by atoms with Crippen LogP contribution in [0.1, 0.15) is 23.2 Å². The Labute approximate surface area is 75.8 Å². The number of hydrogen-bond donors (Lipinski definition) is 1. The van der Waals surface area contributed by atoms with Crippen molar-refractivity contribution in [3.05, 3.63) is 24.0 Å². The molecule has 0 atom stereocenters. The lowest BCUT2D eigenvalue weighted by Crippen LogP contribution is -1.99. The number of aldehydes is 1. The van der Waals surface area contributed by atoms with Gasteiger partial charge in [-0.15, -0.1) is 0 Å². The third-order valence-corrected chi connectivity index (χ3v) is 1.72. The monoisotopic (exact) mass is 181 g/mol. The Morgan fingerprint density at radius 2 is 2.38 bits per heavy atom. The van der Waals surface area contributed by atoms with Crippen LogP contribution >= 0.6 is 0 Å². The predicted molar refractivity (Wildman–Crippen MR) is 46.7 cm³/mol. The quantitative estimate of drug-likeness (QED) is 0.693. The SMILES string of the molecule is O=Cc1ccn(CCCC(=O)O)c1. The molecule has 0 aromatic carbocycles. The van der Waals surface area contributed by atoms with Gasteiger partial charge in [0.05, 0.1) is 0 Å². The molecule has 0 bridgehead atoms. The zero-order chi connectivity index (χ0) is 9.68. The molecule has 0 aliphatic rings. The van der Waals surface area contributed by atoms with E-state index in [2.05, 4.69) is 0 Å². The van der Waals surface area contributed by atoms with E-state index < -0.39 is 5.97 Å². The van der Waals surface area contributed by atoms with Gasteiger partial charge < -0.3 is 9.67 Å². The van der Waals surface area contributed by atoms with Crippen LogP contribution in [0.3, 0.4) is 0 Å². The lowest BCUT2D eigenvalue weighted by Gasteiger charge is -1.99. The first kappa shape index (κ1) is 9.51. The summed E-state index contributed by atoms with van der Waals surface area (Å²) in [5, 5.41) is 8.38. The molecule has 0 spiro atoms. The molecule has 1 aromatic heterocycles. The molecule has 1 aromatic rings. The largest absolute Gasteiger partial charge is 0.481 e. The first-order chi connectivity index (χ1) is 6.22. The zero-order valence-corrected chi connectivity index (χ0v) is 7.14. The number of hydrogen-bond acceptors (Lipinski definition) is 2. The van der Waals surface area contributed by atoms with Gasteiger partial charge in [0, 0.05) is 30.9 Å². The molecule has 1 heterocycles. The van der Waals surface area contributed by atoms with E-state index in [-0.39, 0.29) is 6.42 Å². The number of carbonyl (C=O) groups excluding carboxylic acids is 1. The van der Waals surface area contributed by atoms with Crippen molar-refractivity contribution in [2.45, 2.75) is 19.4 Å². The highest BCUT2D eigenvalue weighted by molar-refractivity contribution is 5.74. The van der Waals surface area contributed by atoms with E-state index in [9.17, 15) is 9.59 Å². The number of aliphatic carboxylic acids is 1. The van der Waals surface area contributed by atoms with Crippen LogP contribution in [0.4, 0.5) is 0 Å². The maximum Gasteiger partial charge on any atom is 0.303 e. The number of carboxylic acid groups (broad SMARTS) is 1. The average Bonchev–Trinajstić information content (AvgIpc) is 2.52. The van der Waals surface area contributed by atoms with Crippen LogP contribution in [0.25, 0.3) is 0 Å². The molecule has 0 amide bonds. The van der Waals surface area contributed by atoms with Crippen molar-refractivity contribution in [3.8, 4) is 0 Å². The molecule has 13 heavy (non-hydrogen) atoms. The standard InChI is InChI=1S/C9H11NO3/c11-7-8-3-5-10(6-8)4-1-2-9(12)13/h3,5-7H,1-2,4H2,(H,12,13). The maximum atomic E-state index is 10.3. The Morgan fingerprint density at radius 3 is 2.92 bits per heavy atom. The molecule has 1 rings (SSSR count). The van der Waals surface area contributed by atoms with Gasteiger partial charge >= 0.3 is 5.97 Å². The van der Waals surface area contributed by atoms with Crippen LogP contribution in [-0.4, -0.2) is 21.9 Å². The van der Waals surface area contributed by atoms with E-state index in [1.807, 2.05) is 4.57 Å². The van der Waals surface area contributed by atoms with Gasteiger partial charge in [0.2, 0.25) is 0 Å². The molecule has 4 heteroatoms. The van der Waals surface area contributed by atoms with E-state index in [4.69, 9.17) is 5.11 Å². The molecule has 4 nitrogen and oxygen atoms in total. The van der Waals surface area contributed by atoms with Crippen LogP contribution in [-0.2, 0) is 11.3 Å². The van der Waals surface area contributed by atoms with Gasteiger partial charge in [-0.1, -0.05) is 0 Å². The fourth-order valence-electron chi connectivity index (χ4n) is 1.08. The third kappa shape index (κ3) is 3.11. The van der Waals surface area contributed by atoms with Gasteiger partial charge in [-0.25, -0.2) is 0 Å². The topological polar surface area (TPSA) is 59.3 Å². The van der Waals surface area contributed by atoms with Crippen LogP contribution in [0.15, 0.2) is 18.5 Å². The maximum absolute atomic E-state index is 10.3. The summed E-state index contributed by atoms with van der Waals surface area (Å²) in [4.78, 5) is 20.5. The van der Waals surface area contributed by atoms with Crippen molar-refractivity contribution < 1.29 is 14.7 Å². The average molecular weight is 181 g/mol. The van der Waals surface area contributed by atoms with E-state index in [0.717, 1.165) is 6.29 Å². The molecule has 0 radical (unpaired) electrons. The van der Waals surface area contributed by atoms with Gasteiger partial charge in [-0.2, -0.15) is 0 Å². The fourth-order valence-corrected chi connectivity index (χ4v) is 1.08. The minimum absolute atomic E-state index is 0.161. The fraction of sp³-hybridized carbons (Fsp3) is 0.333. The molecule has 0 aliphatic carbocycles. The predicted octanol–water partition coefficient (Wildman–Crippen LogP) is 1.17. The number of nitrogens with zero attached hydrogens (tertiary/aromatic N) is 1. The second-order valence-corrected chi connectivity index (χ2v) is 2.80. The van der Waals surface area contributed by atoms with Crippen molar-refractivity contribution >= 4 is 12.3 Å². The Balaban J connectivity index is 2.36. The number of aryl methyl sites for hydroxylation is 1. The van der Waals surface area contributed by atoms with Crippen molar-refractivity contribution in [3.63, 3.8) is 0 Å². The summed E-state index contributed by atoms with van der Waals surface area (Å²) in [5.74, 6) is -0.789. The molecule has 70 valence electrons. The first-order valence-corrected chi connectivity index (χ1v) is 4.05. The van der Waals surface area contributed by atoms with E-state index in [0.29, 0.717) is 18.5 Å². The van der Waals surface area contributed by atoms with Crippen LogP contribution in [0, 0.1) is 0 Å². The normalized spacial score (nSPS) is 9.85. The van der Waals surface area contributed by atoms with Gasteiger partial charge in [-0.3, -0.25) is 9.59 Å². The Morgan fingerprint density at radius 1 is 1.62 bits per heavy atom. The minimum Gasteiger partial charge on any atom is -0.481 e. The lowest BCUT2D eigenvalue weighted by molar-refractivity contribution is -0.137. The second-order valence-electron chi connectivity index (χ2n) is 2.80. The minimum atomic E-state index is -0.789. The summed E-state index contributed by atoms with van der Waals surface area (Å²) >= 11 is 0. The summed E-state index contributed by atoms with van der Waals surface area (Å²) in [5.41, 5.74) is 0.621. The Kier molecular flexibility index (Phi) is 3.25. The van der Waals surface area contributed by atoms with Crippen LogP contribution in [0.2, 0.25) is 0 Å². The van der Waals surface area contributed by atoms with Crippen molar-refractivity contribution in [2.24, 2.45) is 0 Å². The highest BCUT2D eigenvalue weighted by atomic mass is 16.4. The first-order valence-electron chi connectivity index (χ1n) is 4.05. The molecular weight excluding hydrogens is 170 g/mol. The summed E-state index contributed by atoms with van der Waals surface area (Å²) in [6, 6.07) is 1.70. The highest BCUT2D eigenvalue weighted by Crippen LogP contribution is 2.00. The second kappa shape index (κ2) is 4.45. The summed E-state index contributed by atoms with van der Waals surface area (Å²) in [6.45, 7) is 0.639. The van der Waals surface area contributed by atoms with Gasteiger partial charge in [0.15, 0.2) is 6.29 Å². The molecular formula is C9H11NO3. The summed E-state index contributed by atoms with van der Waals surface area (Å²) < 4.78 is 1.81. The van der Waals surface area contributed by atoms with Crippen molar-refractivity contribution in [1.82, 2.24) is 4.57 Å². The number of rotatable bonds is 5. The lowest BCUT2D eigenvalue weighted by atomic mass is 10.3. The van der Waals surface area contributed by atoms with E-state index in [1.54, 1.807) is 18.5 Å². The molecule has 0 aliphatic heterocycles. The Bertz CT molecular complexity index is 304. The molecule has 0 saturated carbocycles. The number of aromatic nitrogens is 1. The molecule has 0 unspecified atom stereocenters. The van der Waals surface area contributed by atoms with Gasteiger partial charge in [-0.05, 0) is 12.5 Å². The highest BCUT2D eigenvalue weighted by Gasteiger charge is 1.98. The smallest absolute Gasteiger partial charge is 0.303 e. The molecule has 1 N–H and O–H groups in total. The van der Waals surface area contributed by atoms with E-state index >= 15 is 0 Å². The molecule has 0 saturated heterocycles.